The Morgan fingerprint density at radius 3 is 2.76 bits per heavy atom. The first-order valence-corrected chi connectivity index (χ1v) is 5.92. The Kier molecular flexibility index (Phi) is 3.47. The molecule has 90 valence electrons. The first-order valence-electron chi connectivity index (χ1n) is 5.92. The molecule has 3 heteroatoms. The number of rotatable bonds is 4. The molecule has 0 saturated carbocycles. The van der Waals surface area contributed by atoms with Gasteiger partial charge in [-0.1, -0.05) is 12.1 Å². The molecule has 0 unspecified atom stereocenters. The molecule has 1 aromatic heterocycles. The fourth-order valence-corrected chi connectivity index (χ4v) is 1.85. The lowest BCUT2D eigenvalue weighted by atomic mass is 10.2. The number of aryl methyl sites for hydroxylation is 3. The van der Waals surface area contributed by atoms with Crippen molar-refractivity contribution in [3.05, 3.63) is 47.3 Å². The average molecular weight is 230 g/mol. The fraction of sp³-hybridized carbons (Fsp3) is 0.357. The second kappa shape index (κ2) is 5.04. The predicted molar refractivity (Wildman–Crippen MR) is 68.1 cm³/mol. The molecule has 0 fully saturated rings. The van der Waals surface area contributed by atoms with Crippen LogP contribution in [0.15, 0.2) is 30.3 Å². The summed E-state index contributed by atoms with van der Waals surface area (Å²) in [5, 5.41) is 4.40. The summed E-state index contributed by atoms with van der Waals surface area (Å²) >= 11 is 0. The van der Waals surface area contributed by atoms with Crippen LogP contribution in [-0.2, 0) is 13.2 Å². The maximum atomic E-state index is 5.77. The van der Waals surface area contributed by atoms with Crippen molar-refractivity contribution in [2.24, 2.45) is 0 Å². The van der Waals surface area contributed by atoms with Gasteiger partial charge in [0.05, 0.1) is 11.4 Å². The summed E-state index contributed by atoms with van der Waals surface area (Å²) < 4.78 is 7.75. The third-order valence-corrected chi connectivity index (χ3v) is 2.66. The quantitative estimate of drug-likeness (QED) is 0.807. The summed E-state index contributed by atoms with van der Waals surface area (Å²) in [4.78, 5) is 0. The average Bonchev–Trinajstić information content (AvgIpc) is 2.67. The summed E-state index contributed by atoms with van der Waals surface area (Å²) in [5.41, 5.74) is 3.36. The molecule has 0 radical (unpaired) electrons. The van der Waals surface area contributed by atoms with Gasteiger partial charge in [0.15, 0.2) is 0 Å². The Bertz CT molecular complexity index is 503. The Morgan fingerprint density at radius 2 is 2.06 bits per heavy atom. The van der Waals surface area contributed by atoms with E-state index in [4.69, 9.17) is 4.74 Å². The van der Waals surface area contributed by atoms with Crippen LogP contribution in [0.2, 0.25) is 0 Å². The van der Waals surface area contributed by atoms with Crippen LogP contribution in [0.1, 0.15) is 23.9 Å². The fourth-order valence-electron chi connectivity index (χ4n) is 1.85. The largest absolute Gasteiger partial charge is 0.487 e. The lowest BCUT2D eigenvalue weighted by molar-refractivity contribution is 0.292. The number of ether oxygens (including phenoxy) is 1. The summed E-state index contributed by atoms with van der Waals surface area (Å²) in [6, 6.07) is 10.2. The summed E-state index contributed by atoms with van der Waals surface area (Å²) in [6.45, 7) is 7.59. The second-order valence-electron chi connectivity index (χ2n) is 4.20. The number of aromatic nitrogens is 2. The zero-order valence-corrected chi connectivity index (χ0v) is 10.6. The van der Waals surface area contributed by atoms with Gasteiger partial charge in [0.2, 0.25) is 0 Å². The molecule has 2 rings (SSSR count). The summed E-state index contributed by atoms with van der Waals surface area (Å²) in [7, 11) is 0. The maximum absolute atomic E-state index is 5.77. The normalized spacial score (nSPS) is 10.5. The second-order valence-corrected chi connectivity index (χ2v) is 4.20. The molecule has 0 aliphatic rings. The number of hydrogen-bond acceptors (Lipinski definition) is 2. The van der Waals surface area contributed by atoms with Gasteiger partial charge in [0.1, 0.15) is 12.4 Å². The smallest absolute Gasteiger partial charge is 0.130 e. The van der Waals surface area contributed by atoms with Crippen LogP contribution in [0.3, 0.4) is 0 Å². The first kappa shape index (κ1) is 11.7. The zero-order chi connectivity index (χ0) is 12.3. The molecule has 0 spiro atoms. The van der Waals surface area contributed by atoms with Gasteiger partial charge in [-0.05, 0) is 44.5 Å². The molecular formula is C14H18N2O. The van der Waals surface area contributed by atoms with Crippen LogP contribution >= 0.6 is 0 Å². The van der Waals surface area contributed by atoms with Gasteiger partial charge in [-0.25, -0.2) is 0 Å². The molecule has 0 bridgehead atoms. The van der Waals surface area contributed by atoms with Crippen LogP contribution < -0.4 is 4.74 Å². The van der Waals surface area contributed by atoms with E-state index >= 15 is 0 Å². The van der Waals surface area contributed by atoms with Crippen molar-refractivity contribution in [3.63, 3.8) is 0 Å². The van der Waals surface area contributed by atoms with Crippen molar-refractivity contribution in [3.8, 4) is 5.75 Å². The van der Waals surface area contributed by atoms with Crippen molar-refractivity contribution < 1.29 is 4.74 Å². The number of hydrogen-bond donors (Lipinski definition) is 0. The standard InChI is InChI=1S/C14H18N2O/c1-4-16-13(9-12(3)15-16)10-17-14-7-5-6-11(2)8-14/h5-9H,4,10H2,1-3H3. The van der Waals surface area contributed by atoms with Gasteiger partial charge >= 0.3 is 0 Å². The topological polar surface area (TPSA) is 27.1 Å². The van der Waals surface area contributed by atoms with Crippen LogP contribution in [0.4, 0.5) is 0 Å². The van der Waals surface area contributed by atoms with E-state index in [0.717, 1.165) is 23.7 Å². The van der Waals surface area contributed by atoms with E-state index in [1.165, 1.54) is 5.56 Å². The minimum Gasteiger partial charge on any atom is -0.487 e. The molecule has 0 atom stereocenters. The first-order chi connectivity index (χ1) is 8.19. The van der Waals surface area contributed by atoms with Gasteiger partial charge < -0.3 is 4.74 Å². The van der Waals surface area contributed by atoms with Gasteiger partial charge in [-0.15, -0.1) is 0 Å². The van der Waals surface area contributed by atoms with Crippen molar-refractivity contribution in [1.29, 1.82) is 0 Å². The lowest BCUT2D eigenvalue weighted by Gasteiger charge is -2.08. The van der Waals surface area contributed by atoms with Gasteiger partial charge in [-0.3, -0.25) is 4.68 Å². The molecule has 0 saturated heterocycles. The van der Waals surface area contributed by atoms with Gasteiger partial charge in [0, 0.05) is 6.54 Å². The lowest BCUT2D eigenvalue weighted by Crippen LogP contribution is -2.06. The molecule has 0 amide bonds. The Hall–Kier alpha value is -1.77. The van der Waals surface area contributed by atoms with Crippen molar-refractivity contribution in [2.75, 3.05) is 0 Å². The van der Waals surface area contributed by atoms with Crippen molar-refractivity contribution in [1.82, 2.24) is 9.78 Å². The molecule has 17 heavy (non-hydrogen) atoms. The summed E-state index contributed by atoms with van der Waals surface area (Å²) in [5.74, 6) is 0.909. The highest BCUT2D eigenvalue weighted by molar-refractivity contribution is 5.27. The van der Waals surface area contributed by atoms with Crippen molar-refractivity contribution >= 4 is 0 Å². The molecule has 0 aliphatic carbocycles. The molecule has 3 nitrogen and oxygen atoms in total. The third kappa shape index (κ3) is 2.87. The maximum Gasteiger partial charge on any atom is 0.130 e. The highest BCUT2D eigenvalue weighted by Crippen LogP contribution is 2.15. The SMILES string of the molecule is CCn1nc(C)cc1COc1cccc(C)c1. The van der Waals surface area contributed by atoms with E-state index in [0.29, 0.717) is 6.61 Å². The van der Waals surface area contributed by atoms with Gasteiger partial charge in [-0.2, -0.15) is 5.10 Å². The third-order valence-electron chi connectivity index (χ3n) is 2.66. The minimum absolute atomic E-state index is 0.568. The molecule has 1 aromatic carbocycles. The summed E-state index contributed by atoms with van der Waals surface area (Å²) in [6.07, 6.45) is 0. The van der Waals surface area contributed by atoms with Crippen LogP contribution in [0, 0.1) is 13.8 Å². The highest BCUT2D eigenvalue weighted by atomic mass is 16.5. The van der Waals surface area contributed by atoms with E-state index in [2.05, 4.69) is 31.1 Å². The Morgan fingerprint density at radius 1 is 1.24 bits per heavy atom. The van der Waals surface area contributed by atoms with Crippen LogP contribution in [-0.4, -0.2) is 9.78 Å². The number of benzene rings is 1. The zero-order valence-electron chi connectivity index (χ0n) is 10.6. The van der Waals surface area contributed by atoms with Crippen LogP contribution in [0.25, 0.3) is 0 Å². The monoisotopic (exact) mass is 230 g/mol. The molecular weight excluding hydrogens is 212 g/mol. The van der Waals surface area contributed by atoms with Gasteiger partial charge in [0.25, 0.3) is 0 Å². The molecule has 2 aromatic rings. The Labute approximate surface area is 102 Å². The minimum atomic E-state index is 0.568. The van der Waals surface area contributed by atoms with E-state index < -0.39 is 0 Å². The van der Waals surface area contributed by atoms with E-state index in [1.54, 1.807) is 0 Å². The van der Waals surface area contributed by atoms with Crippen molar-refractivity contribution in [2.45, 2.75) is 33.9 Å². The van der Waals surface area contributed by atoms with E-state index in [9.17, 15) is 0 Å². The molecule has 0 N–H and O–H groups in total. The molecule has 1 heterocycles. The van der Waals surface area contributed by atoms with Crippen LogP contribution in [0.5, 0.6) is 5.75 Å². The highest BCUT2D eigenvalue weighted by Gasteiger charge is 2.04. The predicted octanol–water partition coefficient (Wildman–Crippen LogP) is 3.10. The van der Waals surface area contributed by atoms with E-state index in [-0.39, 0.29) is 0 Å². The van der Waals surface area contributed by atoms with E-state index in [1.807, 2.05) is 29.8 Å². The number of nitrogens with zero attached hydrogens (tertiary/aromatic N) is 2. The Balaban J connectivity index is 2.06. The molecule has 0 aliphatic heterocycles.